The molecule has 0 radical (unpaired) electrons. The smallest absolute Gasteiger partial charge is 0.243 e. The maximum absolute atomic E-state index is 12.4. The lowest BCUT2D eigenvalue weighted by molar-refractivity contribution is 0.553. The Kier molecular flexibility index (Phi) is 4.11. The van der Waals surface area contributed by atoms with Gasteiger partial charge in [0.05, 0.1) is 11.7 Å². The minimum absolute atomic E-state index is 0.0286. The van der Waals surface area contributed by atoms with E-state index in [0.717, 1.165) is 0 Å². The molecule has 0 amide bonds. The molecule has 1 atom stereocenters. The fourth-order valence-corrected chi connectivity index (χ4v) is 3.64. The van der Waals surface area contributed by atoms with E-state index in [0.29, 0.717) is 10.3 Å². The van der Waals surface area contributed by atoms with Crippen LogP contribution in [0.3, 0.4) is 0 Å². The fourth-order valence-electron chi connectivity index (χ4n) is 1.77. The molecule has 0 spiro atoms. The Morgan fingerprint density at radius 3 is 2.75 bits per heavy atom. The van der Waals surface area contributed by atoms with E-state index < -0.39 is 16.1 Å². The largest absolute Gasteiger partial charge is 0.398 e. The summed E-state index contributed by atoms with van der Waals surface area (Å²) in [6.45, 7) is 1.69. The number of aryl methyl sites for hydroxylation is 1. The molecule has 1 aromatic heterocycles. The molecule has 1 unspecified atom stereocenters. The van der Waals surface area contributed by atoms with Crippen molar-refractivity contribution in [1.29, 1.82) is 0 Å². The fraction of sp³-hybridized carbons (Fsp3) is 0.273. The molecular weight excluding hydrogens is 346 g/mol. The number of hydrogen-bond donors (Lipinski definition) is 2. The van der Waals surface area contributed by atoms with Gasteiger partial charge in [-0.2, -0.15) is 0 Å². The van der Waals surface area contributed by atoms with Crippen molar-refractivity contribution in [3.63, 3.8) is 0 Å². The number of halogens is 1. The Morgan fingerprint density at radius 2 is 2.15 bits per heavy atom. The zero-order valence-corrected chi connectivity index (χ0v) is 13.3. The van der Waals surface area contributed by atoms with Crippen LogP contribution in [-0.2, 0) is 17.1 Å². The highest BCUT2D eigenvalue weighted by Crippen LogP contribution is 2.24. The monoisotopic (exact) mass is 359 g/mol. The molecule has 20 heavy (non-hydrogen) atoms. The van der Waals surface area contributed by atoms with Crippen LogP contribution >= 0.6 is 15.9 Å². The SMILES string of the molecule is CC(NS(=O)(=O)c1cc(Br)ccc1N)c1nncn1C. The molecule has 0 fully saturated rings. The highest BCUT2D eigenvalue weighted by Gasteiger charge is 2.23. The van der Waals surface area contributed by atoms with Crippen LogP contribution in [0.4, 0.5) is 5.69 Å². The van der Waals surface area contributed by atoms with Gasteiger partial charge in [0.15, 0.2) is 0 Å². The minimum Gasteiger partial charge on any atom is -0.398 e. The van der Waals surface area contributed by atoms with Crippen LogP contribution in [0.25, 0.3) is 0 Å². The van der Waals surface area contributed by atoms with Gasteiger partial charge in [0.25, 0.3) is 0 Å². The molecule has 0 aliphatic heterocycles. The first-order valence-electron chi connectivity index (χ1n) is 5.72. The van der Waals surface area contributed by atoms with Gasteiger partial charge in [0.1, 0.15) is 17.0 Å². The summed E-state index contributed by atoms with van der Waals surface area (Å²) in [5.74, 6) is 0.516. The van der Waals surface area contributed by atoms with E-state index in [1.54, 1.807) is 24.6 Å². The van der Waals surface area contributed by atoms with Crippen LogP contribution in [0, 0.1) is 0 Å². The zero-order chi connectivity index (χ0) is 14.9. The normalized spacial score (nSPS) is 13.3. The molecule has 108 valence electrons. The number of nitrogens with one attached hydrogen (secondary N) is 1. The molecule has 0 aliphatic carbocycles. The highest BCUT2D eigenvalue weighted by molar-refractivity contribution is 9.10. The standard InChI is InChI=1S/C11H14BrN5O2S/c1-7(11-15-14-6-17(11)2)16-20(18,19)10-5-8(12)3-4-9(10)13/h3-7,16H,13H2,1-2H3. The van der Waals surface area contributed by atoms with E-state index in [2.05, 4.69) is 30.8 Å². The molecule has 0 saturated carbocycles. The first-order valence-corrected chi connectivity index (χ1v) is 8.00. The summed E-state index contributed by atoms with van der Waals surface area (Å²) in [5.41, 5.74) is 5.91. The average Bonchev–Trinajstić information content (AvgIpc) is 2.78. The quantitative estimate of drug-likeness (QED) is 0.798. The van der Waals surface area contributed by atoms with Crippen molar-refractivity contribution in [3.8, 4) is 0 Å². The third kappa shape index (κ3) is 3.00. The molecule has 1 aromatic carbocycles. The predicted octanol–water partition coefficient (Wildman–Crippen LogP) is 1.20. The lowest BCUT2D eigenvalue weighted by Gasteiger charge is -2.14. The summed E-state index contributed by atoms with van der Waals surface area (Å²) in [5, 5.41) is 7.60. The molecule has 2 rings (SSSR count). The molecule has 0 aliphatic rings. The Bertz CT molecular complexity index is 728. The molecule has 3 N–H and O–H groups in total. The summed E-state index contributed by atoms with van der Waals surface area (Å²) in [6, 6.07) is 4.15. The van der Waals surface area contributed by atoms with Crippen molar-refractivity contribution in [2.45, 2.75) is 17.9 Å². The van der Waals surface area contributed by atoms with Gasteiger partial charge in [-0.15, -0.1) is 10.2 Å². The second-order valence-electron chi connectivity index (χ2n) is 4.33. The second kappa shape index (κ2) is 5.51. The number of hydrogen-bond acceptors (Lipinski definition) is 5. The van der Waals surface area contributed by atoms with Crippen LogP contribution in [-0.4, -0.2) is 23.2 Å². The van der Waals surface area contributed by atoms with Gasteiger partial charge in [-0.1, -0.05) is 15.9 Å². The van der Waals surface area contributed by atoms with Gasteiger partial charge in [0.2, 0.25) is 10.0 Å². The van der Waals surface area contributed by atoms with E-state index >= 15 is 0 Å². The molecule has 1 heterocycles. The highest BCUT2D eigenvalue weighted by atomic mass is 79.9. The summed E-state index contributed by atoms with van der Waals surface area (Å²) < 4.78 is 29.5. The van der Waals surface area contributed by atoms with Crippen molar-refractivity contribution < 1.29 is 8.42 Å². The molecule has 7 nitrogen and oxygen atoms in total. The second-order valence-corrected chi connectivity index (χ2v) is 6.92. The molecule has 0 bridgehead atoms. The maximum atomic E-state index is 12.4. The molecule has 2 aromatic rings. The van der Waals surface area contributed by atoms with Gasteiger partial charge in [-0.3, -0.25) is 0 Å². The number of rotatable bonds is 4. The number of nitrogens with zero attached hydrogens (tertiary/aromatic N) is 3. The Hall–Kier alpha value is -1.45. The van der Waals surface area contributed by atoms with E-state index in [-0.39, 0.29) is 10.6 Å². The van der Waals surface area contributed by atoms with Crippen molar-refractivity contribution in [1.82, 2.24) is 19.5 Å². The first-order chi connectivity index (χ1) is 9.31. The van der Waals surface area contributed by atoms with Gasteiger partial charge in [-0.05, 0) is 25.1 Å². The van der Waals surface area contributed by atoms with Gasteiger partial charge in [0, 0.05) is 11.5 Å². The van der Waals surface area contributed by atoms with E-state index in [9.17, 15) is 8.42 Å². The van der Waals surface area contributed by atoms with Gasteiger partial charge >= 0.3 is 0 Å². The number of nitrogens with two attached hydrogens (primary N) is 1. The van der Waals surface area contributed by atoms with Crippen LogP contribution in [0.5, 0.6) is 0 Å². The van der Waals surface area contributed by atoms with Crippen LogP contribution in [0.2, 0.25) is 0 Å². The Labute approximate surface area is 125 Å². The molecule has 0 saturated heterocycles. The van der Waals surface area contributed by atoms with Crippen molar-refractivity contribution >= 4 is 31.6 Å². The summed E-state index contributed by atoms with van der Waals surface area (Å²) in [4.78, 5) is 0.0286. The van der Waals surface area contributed by atoms with E-state index in [1.165, 1.54) is 18.5 Å². The predicted molar refractivity (Wildman–Crippen MR) is 78.3 cm³/mol. The Balaban J connectivity index is 2.32. The number of sulfonamides is 1. The molecule has 9 heteroatoms. The minimum atomic E-state index is -3.74. The third-order valence-electron chi connectivity index (χ3n) is 2.73. The third-order valence-corrected chi connectivity index (χ3v) is 4.82. The van der Waals surface area contributed by atoms with Crippen molar-refractivity contribution in [2.75, 3.05) is 5.73 Å². The van der Waals surface area contributed by atoms with Gasteiger partial charge < -0.3 is 10.3 Å². The zero-order valence-electron chi connectivity index (χ0n) is 10.9. The lowest BCUT2D eigenvalue weighted by atomic mass is 10.3. The average molecular weight is 360 g/mol. The topological polar surface area (TPSA) is 103 Å². The summed E-state index contributed by atoms with van der Waals surface area (Å²) >= 11 is 3.23. The van der Waals surface area contributed by atoms with Crippen LogP contribution < -0.4 is 10.5 Å². The lowest BCUT2D eigenvalue weighted by Crippen LogP contribution is -2.29. The van der Waals surface area contributed by atoms with Gasteiger partial charge in [-0.25, -0.2) is 13.1 Å². The van der Waals surface area contributed by atoms with Crippen LogP contribution in [0.1, 0.15) is 18.8 Å². The number of benzene rings is 1. The van der Waals surface area contributed by atoms with Crippen molar-refractivity contribution in [3.05, 3.63) is 34.8 Å². The van der Waals surface area contributed by atoms with Crippen LogP contribution in [0.15, 0.2) is 33.9 Å². The number of aromatic nitrogens is 3. The van der Waals surface area contributed by atoms with E-state index in [1.807, 2.05) is 0 Å². The Morgan fingerprint density at radius 1 is 1.45 bits per heavy atom. The first kappa shape index (κ1) is 14.9. The van der Waals surface area contributed by atoms with Crippen molar-refractivity contribution in [2.24, 2.45) is 7.05 Å². The molecular formula is C11H14BrN5O2S. The maximum Gasteiger partial charge on any atom is 0.243 e. The van der Waals surface area contributed by atoms with E-state index in [4.69, 9.17) is 5.73 Å². The number of nitrogen functional groups attached to an aromatic ring is 1. The summed E-state index contributed by atoms with van der Waals surface area (Å²) in [7, 11) is -2.00. The number of anilines is 1. The summed E-state index contributed by atoms with van der Waals surface area (Å²) in [6.07, 6.45) is 1.51.